The van der Waals surface area contributed by atoms with E-state index < -0.39 is 6.03 Å². The van der Waals surface area contributed by atoms with Crippen molar-refractivity contribution >= 4 is 44.7 Å². The Kier molecular flexibility index (Phi) is 2.74. The molecule has 19 heavy (non-hydrogen) atoms. The Bertz CT molecular complexity index is 696. The quantitative estimate of drug-likeness (QED) is 0.854. The number of carbonyl (C=O) groups is 2. The van der Waals surface area contributed by atoms with E-state index in [4.69, 9.17) is 0 Å². The third-order valence-electron chi connectivity index (χ3n) is 2.95. The summed E-state index contributed by atoms with van der Waals surface area (Å²) < 4.78 is 2.50. The second-order valence-electron chi connectivity index (χ2n) is 4.22. The van der Waals surface area contributed by atoms with Crippen LogP contribution in [-0.2, 0) is 11.8 Å². The number of carbonyl (C=O) groups excluding carboxylic acids is 2. The van der Waals surface area contributed by atoms with Crippen LogP contribution < -0.4 is 10.2 Å². The molecule has 3 rings (SSSR count). The topological polar surface area (TPSA) is 80.1 Å². The van der Waals surface area contributed by atoms with Gasteiger partial charge in [-0.05, 0) is 22.0 Å². The Hall–Kier alpha value is -1.96. The lowest BCUT2D eigenvalue weighted by Crippen LogP contribution is -2.49. The molecule has 1 fully saturated rings. The van der Waals surface area contributed by atoms with Crippen molar-refractivity contribution < 1.29 is 9.59 Å². The fourth-order valence-electron chi connectivity index (χ4n) is 2.04. The van der Waals surface area contributed by atoms with Crippen LogP contribution in [0.15, 0.2) is 16.7 Å². The Morgan fingerprint density at radius 3 is 2.95 bits per heavy atom. The lowest BCUT2D eigenvalue weighted by Gasteiger charge is -2.24. The van der Waals surface area contributed by atoms with Crippen LogP contribution in [0.4, 0.5) is 10.6 Å². The summed E-state index contributed by atoms with van der Waals surface area (Å²) in [5.41, 5.74) is 1.45. The summed E-state index contributed by atoms with van der Waals surface area (Å²) in [6.45, 7) is 0.314. The molecule has 7 nitrogen and oxygen atoms in total. The van der Waals surface area contributed by atoms with Crippen molar-refractivity contribution in [3.05, 3.63) is 16.7 Å². The molecule has 1 N–H and O–H groups in total. The molecule has 1 aliphatic heterocycles. The summed E-state index contributed by atoms with van der Waals surface area (Å²) >= 11 is 3.35. The summed E-state index contributed by atoms with van der Waals surface area (Å²) in [6.07, 6.45) is 1.92. The van der Waals surface area contributed by atoms with Crippen LogP contribution in [0.2, 0.25) is 0 Å². The van der Waals surface area contributed by atoms with Crippen LogP contribution in [0, 0.1) is 0 Å². The number of hydrogen-bond donors (Lipinski definition) is 1. The molecule has 0 aromatic carbocycles. The van der Waals surface area contributed by atoms with E-state index in [0.717, 1.165) is 9.99 Å². The van der Waals surface area contributed by atoms with Crippen molar-refractivity contribution in [2.45, 2.75) is 6.42 Å². The zero-order chi connectivity index (χ0) is 13.6. The van der Waals surface area contributed by atoms with E-state index in [1.54, 1.807) is 17.9 Å². The zero-order valence-corrected chi connectivity index (χ0v) is 11.6. The largest absolute Gasteiger partial charge is 0.329 e. The minimum atomic E-state index is -0.457. The number of hydrogen-bond acceptors (Lipinski definition) is 4. The summed E-state index contributed by atoms with van der Waals surface area (Å²) in [5.74, 6) is 0.201. The normalized spacial score (nSPS) is 16.0. The maximum Gasteiger partial charge on any atom is 0.329 e. The third-order valence-corrected chi connectivity index (χ3v) is 3.38. The van der Waals surface area contributed by atoms with E-state index in [-0.39, 0.29) is 12.3 Å². The number of pyridine rings is 1. The van der Waals surface area contributed by atoms with Crippen molar-refractivity contribution in [3.63, 3.8) is 0 Å². The number of anilines is 1. The lowest BCUT2D eigenvalue weighted by atomic mass is 10.3. The van der Waals surface area contributed by atoms with Gasteiger partial charge in [-0.1, -0.05) is 0 Å². The minimum Gasteiger partial charge on any atom is -0.278 e. The fraction of sp³-hybridized carbons (Fsp3) is 0.273. The second-order valence-corrected chi connectivity index (χ2v) is 5.14. The van der Waals surface area contributed by atoms with Crippen LogP contribution in [-0.4, -0.2) is 33.2 Å². The summed E-state index contributed by atoms with van der Waals surface area (Å²) in [6, 6.07) is 1.42. The zero-order valence-electron chi connectivity index (χ0n) is 10.1. The van der Waals surface area contributed by atoms with Crippen LogP contribution >= 0.6 is 15.9 Å². The molecular formula is C11H10BrN5O2. The second kappa shape index (κ2) is 4.30. The van der Waals surface area contributed by atoms with Gasteiger partial charge in [0.15, 0.2) is 5.82 Å². The van der Waals surface area contributed by atoms with Gasteiger partial charge in [0.2, 0.25) is 5.91 Å². The molecule has 0 saturated carbocycles. The number of amides is 3. The molecule has 0 spiro atoms. The average molecular weight is 324 g/mol. The Morgan fingerprint density at radius 1 is 1.42 bits per heavy atom. The Labute approximate surface area is 116 Å². The predicted molar refractivity (Wildman–Crippen MR) is 71.7 cm³/mol. The van der Waals surface area contributed by atoms with Crippen molar-refractivity contribution in [1.29, 1.82) is 0 Å². The van der Waals surface area contributed by atoms with Gasteiger partial charge in [0.25, 0.3) is 0 Å². The highest BCUT2D eigenvalue weighted by Crippen LogP contribution is 2.26. The van der Waals surface area contributed by atoms with Gasteiger partial charge in [-0.3, -0.25) is 19.7 Å². The number of urea groups is 1. The smallest absolute Gasteiger partial charge is 0.278 e. The van der Waals surface area contributed by atoms with E-state index in [0.29, 0.717) is 17.9 Å². The lowest BCUT2D eigenvalue weighted by molar-refractivity contribution is -0.120. The molecule has 0 aliphatic carbocycles. The van der Waals surface area contributed by atoms with E-state index in [9.17, 15) is 9.59 Å². The van der Waals surface area contributed by atoms with Crippen LogP contribution in [0.1, 0.15) is 6.42 Å². The SMILES string of the molecule is Cn1nc(N2CCC(=O)NC2=O)c2ncc(Br)cc21. The van der Waals surface area contributed by atoms with E-state index >= 15 is 0 Å². The van der Waals surface area contributed by atoms with Gasteiger partial charge in [0.1, 0.15) is 5.52 Å². The van der Waals surface area contributed by atoms with Gasteiger partial charge in [0, 0.05) is 30.7 Å². The minimum absolute atomic E-state index is 0.264. The van der Waals surface area contributed by atoms with E-state index in [1.165, 1.54) is 4.90 Å². The molecule has 1 aliphatic rings. The summed E-state index contributed by atoms with van der Waals surface area (Å²) in [7, 11) is 1.78. The van der Waals surface area contributed by atoms with Crippen molar-refractivity contribution in [2.75, 3.05) is 11.4 Å². The summed E-state index contributed by atoms with van der Waals surface area (Å²) in [5, 5.41) is 6.59. The molecule has 3 amide bonds. The highest BCUT2D eigenvalue weighted by Gasteiger charge is 2.28. The third kappa shape index (κ3) is 1.97. The van der Waals surface area contributed by atoms with Crippen molar-refractivity contribution in [3.8, 4) is 0 Å². The highest BCUT2D eigenvalue weighted by molar-refractivity contribution is 9.10. The number of halogens is 1. The molecule has 8 heteroatoms. The first-order valence-corrected chi connectivity index (χ1v) is 6.45. The van der Waals surface area contributed by atoms with Crippen molar-refractivity contribution in [2.24, 2.45) is 7.05 Å². The van der Waals surface area contributed by atoms with E-state index in [2.05, 4.69) is 31.3 Å². The highest BCUT2D eigenvalue weighted by atomic mass is 79.9. The standard InChI is InChI=1S/C11H10BrN5O2/c1-16-7-4-6(12)5-13-9(7)10(15-16)17-3-2-8(18)14-11(17)19/h4-5H,2-3H2,1H3,(H,14,18,19). The molecule has 0 unspecified atom stereocenters. The molecule has 0 bridgehead atoms. The number of rotatable bonds is 1. The first-order chi connectivity index (χ1) is 9.06. The number of nitrogens with one attached hydrogen (secondary N) is 1. The van der Waals surface area contributed by atoms with Crippen LogP contribution in [0.25, 0.3) is 11.0 Å². The molecule has 0 radical (unpaired) electrons. The molecule has 0 atom stereocenters. The molecule has 2 aromatic heterocycles. The van der Waals surface area contributed by atoms with Gasteiger partial charge in [0.05, 0.1) is 5.52 Å². The molecular weight excluding hydrogens is 314 g/mol. The van der Waals surface area contributed by atoms with Gasteiger partial charge < -0.3 is 0 Å². The molecule has 98 valence electrons. The number of nitrogens with zero attached hydrogens (tertiary/aromatic N) is 4. The number of fused-ring (bicyclic) bond motifs is 1. The van der Waals surface area contributed by atoms with Crippen LogP contribution in [0.3, 0.4) is 0 Å². The predicted octanol–water partition coefficient (Wildman–Crippen LogP) is 1.18. The monoisotopic (exact) mass is 323 g/mol. The number of aromatic nitrogens is 3. The maximum atomic E-state index is 11.8. The number of aryl methyl sites for hydroxylation is 1. The first kappa shape index (κ1) is 12.1. The maximum absolute atomic E-state index is 11.8. The van der Waals surface area contributed by atoms with Crippen LogP contribution in [0.5, 0.6) is 0 Å². The first-order valence-electron chi connectivity index (χ1n) is 5.66. The molecule has 2 aromatic rings. The molecule has 3 heterocycles. The number of imide groups is 1. The van der Waals surface area contributed by atoms with Gasteiger partial charge in [-0.15, -0.1) is 0 Å². The Balaban J connectivity index is 2.10. The van der Waals surface area contributed by atoms with Gasteiger partial charge in [-0.2, -0.15) is 5.10 Å². The van der Waals surface area contributed by atoms with Gasteiger partial charge in [-0.25, -0.2) is 9.78 Å². The van der Waals surface area contributed by atoms with Gasteiger partial charge >= 0.3 is 6.03 Å². The average Bonchev–Trinajstić information content (AvgIpc) is 2.66. The molecule has 1 saturated heterocycles. The fourth-order valence-corrected chi connectivity index (χ4v) is 2.36. The van der Waals surface area contributed by atoms with E-state index in [1.807, 2.05) is 6.07 Å². The summed E-state index contributed by atoms with van der Waals surface area (Å²) in [4.78, 5) is 28.7. The van der Waals surface area contributed by atoms with Crippen molar-refractivity contribution in [1.82, 2.24) is 20.1 Å². The Morgan fingerprint density at radius 2 is 2.21 bits per heavy atom.